The molecule has 0 amide bonds. The summed E-state index contributed by atoms with van der Waals surface area (Å²) in [4.78, 5) is 14.7. The summed E-state index contributed by atoms with van der Waals surface area (Å²) in [7, 11) is -4.42. The summed E-state index contributed by atoms with van der Waals surface area (Å²) in [6.45, 7) is 5.72. The second kappa shape index (κ2) is 4.29. The van der Waals surface area contributed by atoms with Crippen LogP contribution in [0.5, 0.6) is 0 Å². The van der Waals surface area contributed by atoms with E-state index in [2.05, 4.69) is 19.9 Å². The molecule has 2 aromatic heterocycles. The lowest BCUT2D eigenvalue weighted by Crippen LogP contribution is -2.09. The molecule has 0 aromatic carbocycles. The summed E-state index contributed by atoms with van der Waals surface area (Å²) < 4.78 is 31.3. The maximum atomic E-state index is 11.1. The van der Waals surface area contributed by atoms with Gasteiger partial charge in [-0.15, -0.1) is 0 Å². The van der Waals surface area contributed by atoms with Gasteiger partial charge in [-0.2, -0.15) is 13.4 Å². The number of aromatic amines is 1. The third-order valence-electron chi connectivity index (χ3n) is 2.36. The van der Waals surface area contributed by atoms with Crippen molar-refractivity contribution in [1.29, 1.82) is 0 Å². The molecule has 18 heavy (non-hydrogen) atoms. The summed E-state index contributed by atoms with van der Waals surface area (Å²) in [6, 6.07) is 0. The predicted octanol–water partition coefficient (Wildman–Crippen LogP) is 1.11. The molecule has 0 radical (unpaired) electrons. The van der Waals surface area contributed by atoms with Crippen LogP contribution < -0.4 is 0 Å². The van der Waals surface area contributed by atoms with E-state index < -0.39 is 15.3 Å². The van der Waals surface area contributed by atoms with Gasteiger partial charge in [-0.1, -0.05) is 13.8 Å². The average molecular weight is 270 g/mol. The lowest BCUT2D eigenvalue weighted by Gasteiger charge is -2.06. The number of rotatable bonds is 3. The van der Waals surface area contributed by atoms with E-state index in [4.69, 9.17) is 4.55 Å². The minimum atomic E-state index is -4.42. The van der Waals surface area contributed by atoms with Crippen LogP contribution in [0.25, 0.3) is 11.2 Å². The molecule has 0 saturated heterocycles. The van der Waals surface area contributed by atoms with Gasteiger partial charge in [-0.25, -0.2) is 9.97 Å². The Balaban J connectivity index is 2.72. The maximum absolute atomic E-state index is 11.1. The number of aryl methyl sites for hydroxylation is 1. The largest absolute Gasteiger partial charge is 0.339 e. The van der Waals surface area contributed by atoms with Crippen LogP contribution in [-0.2, 0) is 16.5 Å². The number of hydrogen-bond acceptors (Lipinski definition) is 5. The van der Waals surface area contributed by atoms with Crippen LogP contribution in [0.2, 0.25) is 0 Å². The molecule has 0 aliphatic rings. The molecule has 0 unspecified atom stereocenters. The number of aromatic nitrogens is 4. The van der Waals surface area contributed by atoms with E-state index in [1.807, 2.05) is 13.8 Å². The van der Waals surface area contributed by atoms with Crippen molar-refractivity contribution < 1.29 is 13.0 Å². The fraction of sp³-hybridized carbons (Fsp3) is 0.500. The Morgan fingerprint density at radius 2 is 1.94 bits per heavy atom. The van der Waals surface area contributed by atoms with Crippen LogP contribution in [0.4, 0.5) is 0 Å². The Kier molecular flexibility index (Phi) is 3.07. The predicted molar refractivity (Wildman–Crippen MR) is 64.8 cm³/mol. The Bertz CT molecular complexity index is 690. The van der Waals surface area contributed by atoms with Crippen LogP contribution >= 0.6 is 0 Å². The van der Waals surface area contributed by atoms with Gasteiger partial charge in [0.2, 0.25) is 0 Å². The standard InChI is InChI=1S/C10H14N4O3S/c1-5(2)4-7-8-9(12-6(3)11-8)14-10(13-7)18(15,16)17/h5H,4H2,1-3H3,(H,15,16,17)(H,11,12,13,14). The van der Waals surface area contributed by atoms with Crippen molar-refractivity contribution in [3.05, 3.63) is 11.5 Å². The molecular formula is C10H14N4O3S. The van der Waals surface area contributed by atoms with Gasteiger partial charge in [0, 0.05) is 0 Å². The third-order valence-corrected chi connectivity index (χ3v) is 3.00. The van der Waals surface area contributed by atoms with Crippen LogP contribution in [0.3, 0.4) is 0 Å². The minimum absolute atomic E-state index is 0.255. The summed E-state index contributed by atoms with van der Waals surface area (Å²) in [6.07, 6.45) is 0.573. The Labute approximate surface area is 104 Å². The van der Waals surface area contributed by atoms with E-state index in [0.29, 0.717) is 29.4 Å². The molecule has 0 spiro atoms. The number of H-pyrrole nitrogens is 1. The Hall–Kier alpha value is -1.54. The maximum Gasteiger partial charge on any atom is 0.330 e. The van der Waals surface area contributed by atoms with E-state index in [1.54, 1.807) is 6.92 Å². The molecule has 0 atom stereocenters. The number of imidazole rings is 1. The summed E-state index contributed by atoms with van der Waals surface area (Å²) >= 11 is 0. The first-order valence-electron chi connectivity index (χ1n) is 5.48. The first-order chi connectivity index (χ1) is 8.27. The first-order valence-corrected chi connectivity index (χ1v) is 6.92. The highest BCUT2D eigenvalue weighted by Crippen LogP contribution is 2.18. The van der Waals surface area contributed by atoms with Crippen molar-refractivity contribution in [3.8, 4) is 0 Å². The van der Waals surface area contributed by atoms with Crippen LogP contribution in [0, 0.1) is 12.8 Å². The van der Waals surface area contributed by atoms with Gasteiger partial charge in [0.15, 0.2) is 5.65 Å². The van der Waals surface area contributed by atoms with Crippen molar-refractivity contribution in [2.75, 3.05) is 0 Å². The topological polar surface area (TPSA) is 109 Å². The molecule has 0 fully saturated rings. The van der Waals surface area contributed by atoms with E-state index in [1.165, 1.54) is 0 Å². The van der Waals surface area contributed by atoms with Crippen molar-refractivity contribution in [2.24, 2.45) is 5.92 Å². The molecule has 98 valence electrons. The molecule has 0 saturated carbocycles. The molecule has 7 nitrogen and oxygen atoms in total. The normalized spacial score (nSPS) is 12.5. The average Bonchev–Trinajstić information content (AvgIpc) is 2.56. The highest BCUT2D eigenvalue weighted by molar-refractivity contribution is 7.85. The van der Waals surface area contributed by atoms with E-state index in [-0.39, 0.29) is 5.65 Å². The third kappa shape index (κ3) is 2.49. The van der Waals surface area contributed by atoms with Gasteiger partial charge < -0.3 is 4.98 Å². The molecular weight excluding hydrogens is 256 g/mol. The molecule has 0 aliphatic carbocycles. The van der Waals surface area contributed by atoms with Crippen molar-refractivity contribution >= 4 is 21.3 Å². The zero-order valence-electron chi connectivity index (χ0n) is 10.3. The molecule has 2 aromatic rings. The Morgan fingerprint density at radius 1 is 1.28 bits per heavy atom. The lowest BCUT2D eigenvalue weighted by atomic mass is 10.1. The monoisotopic (exact) mass is 270 g/mol. The molecule has 8 heteroatoms. The van der Waals surface area contributed by atoms with E-state index in [0.717, 1.165) is 0 Å². The van der Waals surface area contributed by atoms with Gasteiger partial charge in [-0.05, 0) is 19.3 Å². The SMILES string of the molecule is Cc1nc2nc(S(=O)(=O)O)nc(CC(C)C)c2[nH]1. The van der Waals surface area contributed by atoms with Crippen molar-refractivity contribution in [1.82, 2.24) is 19.9 Å². The van der Waals surface area contributed by atoms with Gasteiger partial charge in [0.25, 0.3) is 5.16 Å². The second-order valence-electron chi connectivity index (χ2n) is 4.55. The fourth-order valence-electron chi connectivity index (χ4n) is 1.70. The summed E-state index contributed by atoms with van der Waals surface area (Å²) in [5.41, 5.74) is 1.42. The first kappa shape index (κ1) is 12.9. The van der Waals surface area contributed by atoms with Crippen molar-refractivity contribution in [2.45, 2.75) is 32.3 Å². The second-order valence-corrected chi connectivity index (χ2v) is 5.86. The molecule has 2 heterocycles. The molecule has 2 rings (SSSR count). The van der Waals surface area contributed by atoms with Gasteiger partial charge >= 0.3 is 10.1 Å². The zero-order valence-corrected chi connectivity index (χ0v) is 11.1. The van der Waals surface area contributed by atoms with Crippen LogP contribution in [-0.4, -0.2) is 32.9 Å². The van der Waals surface area contributed by atoms with E-state index >= 15 is 0 Å². The fourth-order valence-corrected chi connectivity index (χ4v) is 2.13. The van der Waals surface area contributed by atoms with Crippen molar-refractivity contribution in [3.63, 3.8) is 0 Å². The summed E-state index contributed by atoms with van der Waals surface area (Å²) in [5.74, 6) is 0.915. The Morgan fingerprint density at radius 3 is 2.50 bits per heavy atom. The van der Waals surface area contributed by atoms with Crippen LogP contribution in [0.15, 0.2) is 5.16 Å². The highest BCUT2D eigenvalue weighted by atomic mass is 32.2. The number of nitrogens with one attached hydrogen (secondary N) is 1. The highest BCUT2D eigenvalue weighted by Gasteiger charge is 2.19. The molecule has 0 bridgehead atoms. The number of nitrogens with zero attached hydrogens (tertiary/aromatic N) is 3. The quantitative estimate of drug-likeness (QED) is 0.638. The zero-order chi connectivity index (χ0) is 13.5. The van der Waals surface area contributed by atoms with Gasteiger partial charge in [0.1, 0.15) is 11.3 Å². The number of fused-ring (bicyclic) bond motifs is 1. The molecule has 2 N–H and O–H groups in total. The minimum Gasteiger partial charge on any atom is -0.339 e. The van der Waals surface area contributed by atoms with Crippen LogP contribution in [0.1, 0.15) is 25.4 Å². The van der Waals surface area contributed by atoms with E-state index in [9.17, 15) is 8.42 Å². The number of hydrogen-bond donors (Lipinski definition) is 2. The summed E-state index contributed by atoms with van der Waals surface area (Å²) in [5, 5.41) is -0.600. The van der Waals surface area contributed by atoms with Gasteiger partial charge in [0.05, 0.1) is 5.69 Å². The lowest BCUT2D eigenvalue weighted by molar-refractivity contribution is 0.473. The van der Waals surface area contributed by atoms with Gasteiger partial charge in [-0.3, -0.25) is 4.55 Å². The molecule has 0 aliphatic heterocycles. The smallest absolute Gasteiger partial charge is 0.330 e.